The molecule has 0 aliphatic carbocycles. The molecule has 0 saturated carbocycles. The molecule has 1 heterocycles. The zero-order chi connectivity index (χ0) is 13.4. The fourth-order valence-corrected chi connectivity index (χ4v) is 2.70. The second kappa shape index (κ2) is 4.85. The van der Waals surface area contributed by atoms with Crippen LogP contribution in [-0.4, -0.2) is 9.97 Å². The largest absolute Gasteiger partial charge is 0.340 e. The van der Waals surface area contributed by atoms with Crippen molar-refractivity contribution in [2.45, 2.75) is 6.04 Å². The molecular weight excluding hydrogens is 281 g/mol. The quantitative estimate of drug-likeness (QED) is 0.752. The molecule has 3 nitrogen and oxygen atoms in total. The summed E-state index contributed by atoms with van der Waals surface area (Å²) < 4.78 is 0. The van der Waals surface area contributed by atoms with Crippen LogP contribution in [0.2, 0.25) is 10.0 Å². The number of aromatic amines is 1. The standard InChI is InChI=1S/C14H11Cl2N3/c15-8-4-3-5-9(16)12(8)13(17)14-18-10-6-1-2-7-11(10)19-14/h1-7,13H,17H2,(H,18,19). The summed E-state index contributed by atoms with van der Waals surface area (Å²) in [5.74, 6) is 0.649. The van der Waals surface area contributed by atoms with Crippen molar-refractivity contribution in [3.63, 3.8) is 0 Å². The number of nitrogens with zero attached hydrogens (tertiary/aromatic N) is 1. The van der Waals surface area contributed by atoms with Gasteiger partial charge < -0.3 is 10.7 Å². The summed E-state index contributed by atoms with van der Waals surface area (Å²) in [6.07, 6.45) is 0. The number of imidazole rings is 1. The van der Waals surface area contributed by atoms with E-state index in [1.165, 1.54) is 0 Å². The van der Waals surface area contributed by atoms with Crippen LogP contribution in [0, 0.1) is 0 Å². The maximum Gasteiger partial charge on any atom is 0.128 e. The average Bonchev–Trinajstić information content (AvgIpc) is 2.82. The number of benzene rings is 2. The molecule has 5 heteroatoms. The minimum Gasteiger partial charge on any atom is -0.340 e. The summed E-state index contributed by atoms with van der Waals surface area (Å²) in [6.45, 7) is 0. The molecule has 3 rings (SSSR count). The predicted octanol–water partition coefficient (Wildman–Crippen LogP) is 3.92. The number of aromatic nitrogens is 2. The Morgan fingerprint density at radius 3 is 2.37 bits per heavy atom. The number of halogens is 2. The van der Waals surface area contributed by atoms with E-state index >= 15 is 0 Å². The number of para-hydroxylation sites is 2. The zero-order valence-electron chi connectivity index (χ0n) is 9.90. The lowest BCUT2D eigenvalue weighted by Gasteiger charge is -2.12. The van der Waals surface area contributed by atoms with Gasteiger partial charge in [0.25, 0.3) is 0 Å². The Balaban J connectivity index is 2.10. The monoisotopic (exact) mass is 291 g/mol. The van der Waals surface area contributed by atoms with Gasteiger partial charge in [-0.15, -0.1) is 0 Å². The van der Waals surface area contributed by atoms with Gasteiger partial charge in [0.2, 0.25) is 0 Å². The molecule has 0 aliphatic rings. The minimum atomic E-state index is -0.478. The van der Waals surface area contributed by atoms with E-state index in [-0.39, 0.29) is 0 Å². The molecular formula is C14H11Cl2N3. The molecule has 0 saturated heterocycles. The van der Waals surface area contributed by atoms with Gasteiger partial charge in [-0.25, -0.2) is 4.98 Å². The van der Waals surface area contributed by atoms with Gasteiger partial charge in [0.15, 0.2) is 0 Å². The molecule has 0 bridgehead atoms. The number of hydrogen-bond donors (Lipinski definition) is 2. The van der Waals surface area contributed by atoms with E-state index in [9.17, 15) is 0 Å². The van der Waals surface area contributed by atoms with Gasteiger partial charge in [0.05, 0.1) is 17.1 Å². The van der Waals surface area contributed by atoms with Crippen molar-refractivity contribution in [3.8, 4) is 0 Å². The topological polar surface area (TPSA) is 54.7 Å². The number of H-pyrrole nitrogens is 1. The third-order valence-corrected chi connectivity index (χ3v) is 3.67. The van der Waals surface area contributed by atoms with E-state index in [2.05, 4.69) is 9.97 Å². The highest BCUT2D eigenvalue weighted by Gasteiger charge is 2.19. The van der Waals surface area contributed by atoms with Gasteiger partial charge in [-0.1, -0.05) is 41.4 Å². The van der Waals surface area contributed by atoms with Crippen molar-refractivity contribution in [1.29, 1.82) is 0 Å². The van der Waals surface area contributed by atoms with Crippen LogP contribution >= 0.6 is 23.2 Å². The van der Waals surface area contributed by atoms with Crippen LogP contribution in [-0.2, 0) is 0 Å². The molecule has 96 valence electrons. The number of nitrogens with one attached hydrogen (secondary N) is 1. The van der Waals surface area contributed by atoms with Crippen molar-refractivity contribution in [2.75, 3.05) is 0 Å². The van der Waals surface area contributed by atoms with Crippen LogP contribution in [0.4, 0.5) is 0 Å². The number of rotatable bonds is 2. The van der Waals surface area contributed by atoms with Crippen molar-refractivity contribution in [3.05, 3.63) is 63.9 Å². The van der Waals surface area contributed by atoms with E-state index in [1.54, 1.807) is 18.2 Å². The number of fused-ring (bicyclic) bond motifs is 1. The summed E-state index contributed by atoms with van der Waals surface area (Å²) >= 11 is 12.3. The predicted molar refractivity (Wildman–Crippen MR) is 78.6 cm³/mol. The lowest BCUT2D eigenvalue weighted by molar-refractivity contribution is 0.806. The van der Waals surface area contributed by atoms with Gasteiger partial charge in [-0.2, -0.15) is 0 Å². The van der Waals surface area contributed by atoms with Gasteiger partial charge in [-0.3, -0.25) is 0 Å². The van der Waals surface area contributed by atoms with Crippen LogP contribution in [0.5, 0.6) is 0 Å². The van der Waals surface area contributed by atoms with Gasteiger partial charge in [0, 0.05) is 15.6 Å². The first-order chi connectivity index (χ1) is 9.16. The normalized spacial score (nSPS) is 12.8. The third kappa shape index (κ3) is 2.21. The van der Waals surface area contributed by atoms with Gasteiger partial charge in [-0.05, 0) is 24.3 Å². The smallest absolute Gasteiger partial charge is 0.128 e. The highest BCUT2D eigenvalue weighted by molar-refractivity contribution is 6.36. The molecule has 0 fully saturated rings. The second-order valence-corrected chi connectivity index (χ2v) is 5.07. The Kier molecular flexibility index (Phi) is 3.19. The first-order valence-electron chi connectivity index (χ1n) is 5.81. The maximum absolute atomic E-state index is 6.22. The van der Waals surface area contributed by atoms with Crippen molar-refractivity contribution in [1.82, 2.24) is 9.97 Å². The fourth-order valence-electron chi connectivity index (χ4n) is 2.06. The maximum atomic E-state index is 6.22. The molecule has 0 amide bonds. The zero-order valence-corrected chi connectivity index (χ0v) is 11.4. The fraction of sp³-hybridized carbons (Fsp3) is 0.0714. The molecule has 0 radical (unpaired) electrons. The summed E-state index contributed by atoms with van der Waals surface area (Å²) in [4.78, 5) is 7.67. The van der Waals surface area contributed by atoms with Crippen LogP contribution in [0.3, 0.4) is 0 Å². The molecule has 2 aromatic carbocycles. The van der Waals surface area contributed by atoms with E-state index in [4.69, 9.17) is 28.9 Å². The van der Waals surface area contributed by atoms with E-state index < -0.39 is 6.04 Å². The van der Waals surface area contributed by atoms with Crippen molar-refractivity contribution >= 4 is 34.2 Å². The number of nitrogens with two attached hydrogens (primary N) is 1. The Hall–Kier alpha value is -1.55. The van der Waals surface area contributed by atoms with Gasteiger partial charge in [0.1, 0.15) is 5.82 Å². The Labute approximate surface area is 120 Å². The van der Waals surface area contributed by atoms with E-state index in [0.29, 0.717) is 21.4 Å². The van der Waals surface area contributed by atoms with Crippen molar-refractivity contribution in [2.24, 2.45) is 5.73 Å². The van der Waals surface area contributed by atoms with Crippen LogP contribution in [0.1, 0.15) is 17.4 Å². The molecule has 0 spiro atoms. The first kappa shape index (κ1) is 12.5. The van der Waals surface area contributed by atoms with Crippen LogP contribution < -0.4 is 5.73 Å². The Morgan fingerprint density at radius 1 is 1.00 bits per heavy atom. The third-order valence-electron chi connectivity index (χ3n) is 3.01. The average molecular weight is 292 g/mol. The Morgan fingerprint density at radius 2 is 1.68 bits per heavy atom. The molecule has 19 heavy (non-hydrogen) atoms. The number of hydrogen-bond acceptors (Lipinski definition) is 2. The van der Waals surface area contributed by atoms with E-state index in [1.807, 2.05) is 24.3 Å². The van der Waals surface area contributed by atoms with E-state index in [0.717, 1.165) is 11.0 Å². The van der Waals surface area contributed by atoms with Crippen LogP contribution in [0.25, 0.3) is 11.0 Å². The van der Waals surface area contributed by atoms with Crippen LogP contribution in [0.15, 0.2) is 42.5 Å². The molecule has 3 N–H and O–H groups in total. The molecule has 1 aromatic heterocycles. The second-order valence-electron chi connectivity index (χ2n) is 4.25. The Bertz CT molecular complexity index is 683. The highest BCUT2D eigenvalue weighted by atomic mass is 35.5. The summed E-state index contributed by atoms with van der Waals surface area (Å²) in [6, 6.07) is 12.6. The lowest BCUT2D eigenvalue weighted by Crippen LogP contribution is -2.14. The SMILES string of the molecule is NC(c1nc2ccccc2[nH]1)c1c(Cl)cccc1Cl. The first-order valence-corrected chi connectivity index (χ1v) is 6.56. The molecule has 0 aliphatic heterocycles. The lowest BCUT2D eigenvalue weighted by atomic mass is 10.1. The summed E-state index contributed by atoms with van der Waals surface area (Å²) in [7, 11) is 0. The highest BCUT2D eigenvalue weighted by Crippen LogP contribution is 2.32. The summed E-state index contributed by atoms with van der Waals surface area (Å²) in [5.41, 5.74) is 8.72. The molecule has 3 aromatic rings. The molecule has 1 unspecified atom stereocenters. The van der Waals surface area contributed by atoms with Gasteiger partial charge >= 0.3 is 0 Å². The minimum absolute atomic E-state index is 0.478. The van der Waals surface area contributed by atoms with Crippen molar-refractivity contribution < 1.29 is 0 Å². The molecule has 1 atom stereocenters. The summed E-state index contributed by atoms with van der Waals surface area (Å²) in [5, 5.41) is 1.08.